The predicted molar refractivity (Wildman–Crippen MR) is 98.6 cm³/mol. The topological polar surface area (TPSA) is 39.7 Å². The molecule has 0 atom stereocenters. The maximum absolute atomic E-state index is 13.0. The number of likely N-dealkylation sites (tertiary alicyclic amines) is 1. The Bertz CT molecular complexity index is 531. The Morgan fingerprint density at radius 1 is 1.29 bits per heavy atom. The van der Waals surface area contributed by atoms with Gasteiger partial charge >= 0.3 is 0 Å². The smallest absolute Gasteiger partial charge is 0.191 e. The number of nitrogens with one attached hydrogen (secondary N) is 2. The Labute approximate surface area is 144 Å². The van der Waals surface area contributed by atoms with E-state index < -0.39 is 0 Å². The highest BCUT2D eigenvalue weighted by Crippen LogP contribution is 2.14. The van der Waals surface area contributed by atoms with Crippen LogP contribution in [0.1, 0.15) is 31.7 Å². The number of guanidine groups is 1. The average molecular weight is 332 g/mol. The van der Waals surface area contributed by atoms with Crippen LogP contribution >= 0.6 is 0 Å². The highest BCUT2D eigenvalue weighted by Gasteiger charge is 2.19. The summed E-state index contributed by atoms with van der Waals surface area (Å²) in [5.41, 5.74) is 1.17. The monoisotopic (exact) mass is 332 g/mol. The van der Waals surface area contributed by atoms with Gasteiger partial charge in [0, 0.05) is 39.3 Å². The number of nitrogens with zero attached hydrogens (tertiary/aromatic N) is 2. The van der Waals surface area contributed by atoms with E-state index in [-0.39, 0.29) is 5.82 Å². The summed E-state index contributed by atoms with van der Waals surface area (Å²) in [4.78, 5) is 6.72. The van der Waals surface area contributed by atoms with Crippen LogP contribution in [0.5, 0.6) is 0 Å². The van der Waals surface area contributed by atoms with Crippen molar-refractivity contribution in [2.24, 2.45) is 4.99 Å². The quantitative estimate of drug-likeness (QED) is 0.364. The van der Waals surface area contributed by atoms with E-state index in [1.54, 1.807) is 0 Å². The van der Waals surface area contributed by atoms with Gasteiger partial charge in [-0.25, -0.2) is 4.39 Å². The average Bonchev–Trinajstić information content (AvgIpc) is 2.61. The maximum atomic E-state index is 13.0. The van der Waals surface area contributed by atoms with Crippen molar-refractivity contribution in [1.82, 2.24) is 15.5 Å². The van der Waals surface area contributed by atoms with Crippen molar-refractivity contribution in [2.45, 2.75) is 38.8 Å². The molecule has 1 aromatic carbocycles. The fourth-order valence-electron chi connectivity index (χ4n) is 2.91. The van der Waals surface area contributed by atoms with Gasteiger partial charge in [-0.2, -0.15) is 0 Å². The first-order valence-electron chi connectivity index (χ1n) is 8.76. The number of aliphatic imine (C=N–C) groups is 1. The summed E-state index contributed by atoms with van der Waals surface area (Å²) in [5.74, 6) is 0.714. The molecule has 0 unspecified atom stereocenters. The molecule has 1 saturated heterocycles. The third kappa shape index (κ3) is 6.32. The molecule has 0 spiro atoms. The summed E-state index contributed by atoms with van der Waals surface area (Å²) in [6.07, 6.45) is 7.41. The van der Waals surface area contributed by atoms with Crippen LogP contribution in [-0.4, -0.2) is 43.6 Å². The van der Waals surface area contributed by atoms with Crippen molar-refractivity contribution in [2.75, 3.05) is 26.7 Å². The highest BCUT2D eigenvalue weighted by molar-refractivity contribution is 5.79. The van der Waals surface area contributed by atoms with Crippen LogP contribution < -0.4 is 10.6 Å². The van der Waals surface area contributed by atoms with E-state index in [2.05, 4.69) is 32.7 Å². The van der Waals surface area contributed by atoms with Crippen LogP contribution in [0, 0.1) is 5.82 Å². The molecule has 24 heavy (non-hydrogen) atoms. The molecule has 2 rings (SSSR count). The van der Waals surface area contributed by atoms with Crippen molar-refractivity contribution in [3.05, 3.63) is 47.8 Å². The Hall–Kier alpha value is -1.88. The van der Waals surface area contributed by atoms with E-state index in [0.717, 1.165) is 51.4 Å². The standard InChI is InChI=1S/C19H29FN4/c1-3-4-5-12-22-19(21-2)23-18-10-13-24(14-11-18)15-16-6-8-17(20)9-7-16/h3-4,6-9,18H,5,10-15H2,1-2H3,(H2,21,22,23). The van der Waals surface area contributed by atoms with E-state index in [1.807, 2.05) is 26.1 Å². The zero-order valence-electron chi connectivity index (χ0n) is 14.8. The van der Waals surface area contributed by atoms with Crippen LogP contribution in [0.15, 0.2) is 41.4 Å². The summed E-state index contributed by atoms with van der Waals surface area (Å²) in [7, 11) is 1.81. The number of allylic oxidation sites excluding steroid dienone is 1. The second-order valence-corrected chi connectivity index (χ2v) is 6.18. The van der Waals surface area contributed by atoms with Gasteiger partial charge in [-0.3, -0.25) is 9.89 Å². The van der Waals surface area contributed by atoms with Crippen LogP contribution in [0.25, 0.3) is 0 Å². The predicted octanol–water partition coefficient (Wildman–Crippen LogP) is 2.92. The molecule has 1 aliphatic heterocycles. The van der Waals surface area contributed by atoms with E-state index in [0.29, 0.717) is 6.04 Å². The molecule has 1 heterocycles. The van der Waals surface area contributed by atoms with Crippen LogP contribution in [0.4, 0.5) is 4.39 Å². The first kappa shape index (κ1) is 18.5. The minimum Gasteiger partial charge on any atom is -0.356 e. The molecule has 1 aromatic rings. The third-order valence-corrected chi connectivity index (χ3v) is 4.31. The molecule has 0 aliphatic carbocycles. The molecule has 4 nitrogen and oxygen atoms in total. The number of rotatable bonds is 6. The van der Waals surface area contributed by atoms with Gasteiger partial charge in [0.05, 0.1) is 0 Å². The second kappa shape index (κ2) is 10.1. The summed E-state index contributed by atoms with van der Waals surface area (Å²) in [5, 5.41) is 6.86. The summed E-state index contributed by atoms with van der Waals surface area (Å²) in [6.45, 7) is 5.92. The van der Waals surface area contributed by atoms with Gasteiger partial charge in [0.2, 0.25) is 0 Å². The first-order chi connectivity index (χ1) is 11.7. The fourth-order valence-corrected chi connectivity index (χ4v) is 2.91. The molecule has 0 aromatic heterocycles. The number of piperidine rings is 1. The van der Waals surface area contributed by atoms with Gasteiger partial charge in [0.15, 0.2) is 5.96 Å². The van der Waals surface area contributed by atoms with Gasteiger partial charge in [-0.15, -0.1) is 0 Å². The molecule has 0 amide bonds. The van der Waals surface area contributed by atoms with Crippen LogP contribution in [-0.2, 0) is 6.54 Å². The van der Waals surface area contributed by atoms with Crippen LogP contribution in [0.2, 0.25) is 0 Å². The van der Waals surface area contributed by atoms with E-state index in [1.165, 1.54) is 17.7 Å². The second-order valence-electron chi connectivity index (χ2n) is 6.18. The first-order valence-corrected chi connectivity index (χ1v) is 8.76. The van der Waals surface area contributed by atoms with E-state index >= 15 is 0 Å². The zero-order chi connectivity index (χ0) is 17.2. The van der Waals surface area contributed by atoms with Crippen molar-refractivity contribution >= 4 is 5.96 Å². The molecule has 0 radical (unpaired) electrons. The van der Waals surface area contributed by atoms with Crippen molar-refractivity contribution in [3.63, 3.8) is 0 Å². The highest BCUT2D eigenvalue weighted by atomic mass is 19.1. The molecular weight excluding hydrogens is 303 g/mol. The SMILES string of the molecule is CC=CCCNC(=NC)NC1CCN(Cc2ccc(F)cc2)CC1. The van der Waals surface area contributed by atoms with Gasteiger partial charge in [0.1, 0.15) is 5.82 Å². The number of benzene rings is 1. The Morgan fingerprint density at radius 2 is 2.00 bits per heavy atom. The molecule has 0 saturated carbocycles. The Morgan fingerprint density at radius 3 is 2.62 bits per heavy atom. The number of halogens is 1. The third-order valence-electron chi connectivity index (χ3n) is 4.31. The molecular formula is C19H29FN4. The lowest BCUT2D eigenvalue weighted by Gasteiger charge is -2.33. The van der Waals surface area contributed by atoms with Gasteiger partial charge in [-0.1, -0.05) is 24.3 Å². The lowest BCUT2D eigenvalue weighted by molar-refractivity contribution is 0.198. The molecule has 1 fully saturated rings. The van der Waals surface area contributed by atoms with E-state index in [9.17, 15) is 4.39 Å². The Kier molecular flexibility index (Phi) is 7.75. The molecule has 132 valence electrons. The van der Waals surface area contributed by atoms with Gasteiger partial charge in [0.25, 0.3) is 0 Å². The zero-order valence-corrected chi connectivity index (χ0v) is 14.8. The lowest BCUT2D eigenvalue weighted by atomic mass is 10.0. The summed E-state index contributed by atoms with van der Waals surface area (Å²) in [6, 6.07) is 7.27. The van der Waals surface area contributed by atoms with E-state index in [4.69, 9.17) is 0 Å². The maximum Gasteiger partial charge on any atom is 0.191 e. The Balaban J connectivity index is 1.70. The van der Waals surface area contributed by atoms with Crippen molar-refractivity contribution in [3.8, 4) is 0 Å². The fraction of sp³-hybridized carbons (Fsp3) is 0.526. The van der Waals surface area contributed by atoms with Crippen LogP contribution in [0.3, 0.4) is 0 Å². The molecule has 0 bridgehead atoms. The number of hydrogen-bond acceptors (Lipinski definition) is 2. The normalized spacial score (nSPS) is 17.4. The van der Waals surface area contributed by atoms with Gasteiger partial charge in [-0.05, 0) is 43.9 Å². The largest absolute Gasteiger partial charge is 0.356 e. The minimum absolute atomic E-state index is 0.171. The molecule has 5 heteroatoms. The summed E-state index contributed by atoms with van der Waals surface area (Å²) < 4.78 is 13.0. The summed E-state index contributed by atoms with van der Waals surface area (Å²) >= 11 is 0. The molecule has 2 N–H and O–H groups in total. The number of hydrogen-bond donors (Lipinski definition) is 2. The van der Waals surface area contributed by atoms with Gasteiger partial charge < -0.3 is 10.6 Å². The van der Waals surface area contributed by atoms with Crippen molar-refractivity contribution in [1.29, 1.82) is 0 Å². The molecule has 1 aliphatic rings. The minimum atomic E-state index is -0.171. The lowest BCUT2D eigenvalue weighted by Crippen LogP contribution is -2.48. The van der Waals surface area contributed by atoms with Crippen molar-refractivity contribution < 1.29 is 4.39 Å².